The molecule has 2 rings (SSSR count). The summed E-state index contributed by atoms with van der Waals surface area (Å²) in [6, 6.07) is 5.25. The molecule has 2 heterocycles. The van der Waals surface area contributed by atoms with Gasteiger partial charge in [-0.1, -0.05) is 6.07 Å². The first-order chi connectivity index (χ1) is 6.74. The van der Waals surface area contributed by atoms with E-state index in [4.69, 9.17) is 5.11 Å². The predicted octanol–water partition coefficient (Wildman–Crippen LogP) is 0.949. The van der Waals surface area contributed by atoms with E-state index in [-0.39, 0.29) is 12.2 Å². The van der Waals surface area contributed by atoms with Crippen LogP contribution in [0.4, 0.5) is 0 Å². The van der Waals surface area contributed by atoms with Crippen molar-refractivity contribution in [2.24, 2.45) is 0 Å². The second-order valence-corrected chi connectivity index (χ2v) is 3.56. The zero-order valence-electron chi connectivity index (χ0n) is 7.14. The quantitative estimate of drug-likeness (QED) is 0.825. The lowest BCUT2D eigenvalue weighted by molar-refractivity contribution is 0.276. The molecule has 0 radical (unpaired) electrons. The highest BCUT2D eigenvalue weighted by Gasteiger charge is 2.07. The Balaban J connectivity index is 2.92. The second-order valence-electron chi connectivity index (χ2n) is 2.76. The molecule has 0 unspecified atom stereocenters. The molecule has 1 N–H and O–H groups in total. The number of aliphatic hydroxyl groups is 1. The molecule has 0 aromatic carbocycles. The fourth-order valence-corrected chi connectivity index (χ4v) is 1.62. The van der Waals surface area contributed by atoms with Gasteiger partial charge in [-0.3, -0.25) is 9.20 Å². The summed E-state index contributed by atoms with van der Waals surface area (Å²) in [4.78, 5) is 15.8. The van der Waals surface area contributed by atoms with E-state index in [0.717, 1.165) is 0 Å². The van der Waals surface area contributed by atoms with E-state index in [1.54, 1.807) is 24.4 Å². The number of hydrogen-bond acceptors (Lipinski definition) is 3. The van der Waals surface area contributed by atoms with Crippen LogP contribution in [0.1, 0.15) is 5.69 Å². The highest BCUT2D eigenvalue weighted by molar-refractivity contribution is 9.10. The van der Waals surface area contributed by atoms with Crippen LogP contribution in [0, 0.1) is 0 Å². The molecular formula is C9H7BrN2O2. The third-order valence-corrected chi connectivity index (χ3v) is 2.69. The molecule has 0 saturated heterocycles. The van der Waals surface area contributed by atoms with Crippen LogP contribution >= 0.6 is 15.9 Å². The first-order valence-electron chi connectivity index (χ1n) is 4.00. The number of halogens is 1. The Morgan fingerprint density at radius 3 is 3.00 bits per heavy atom. The van der Waals surface area contributed by atoms with Gasteiger partial charge in [0.2, 0.25) is 0 Å². The molecule has 0 bridgehead atoms. The number of pyridine rings is 1. The molecule has 5 heteroatoms. The van der Waals surface area contributed by atoms with E-state index in [0.29, 0.717) is 15.8 Å². The predicted molar refractivity (Wildman–Crippen MR) is 55.1 cm³/mol. The van der Waals surface area contributed by atoms with Crippen LogP contribution < -0.4 is 5.56 Å². The maximum atomic E-state index is 11.7. The van der Waals surface area contributed by atoms with Gasteiger partial charge < -0.3 is 5.11 Å². The van der Waals surface area contributed by atoms with Crippen molar-refractivity contribution < 1.29 is 5.11 Å². The summed E-state index contributed by atoms with van der Waals surface area (Å²) < 4.78 is 1.73. The molecule has 0 fully saturated rings. The Hall–Kier alpha value is -1.20. The molecule has 14 heavy (non-hydrogen) atoms. The van der Waals surface area contributed by atoms with E-state index in [1.807, 2.05) is 0 Å². The number of aliphatic hydroxyl groups excluding tert-OH is 1. The van der Waals surface area contributed by atoms with Gasteiger partial charge in [-0.05, 0) is 28.1 Å². The number of fused-ring (bicyclic) bond motifs is 1. The summed E-state index contributed by atoms with van der Waals surface area (Å²) in [6.07, 6.45) is 1.64. The van der Waals surface area contributed by atoms with Crippen LogP contribution in [-0.2, 0) is 6.61 Å². The largest absolute Gasteiger partial charge is 0.390 e. The van der Waals surface area contributed by atoms with E-state index in [2.05, 4.69) is 20.9 Å². The maximum absolute atomic E-state index is 11.7. The van der Waals surface area contributed by atoms with Crippen LogP contribution in [0.25, 0.3) is 5.65 Å². The molecule has 0 aliphatic carbocycles. The van der Waals surface area contributed by atoms with E-state index in [1.165, 1.54) is 4.40 Å². The molecule has 0 amide bonds. The molecule has 0 aliphatic heterocycles. The van der Waals surface area contributed by atoms with Gasteiger partial charge in [-0.2, -0.15) is 0 Å². The summed E-state index contributed by atoms with van der Waals surface area (Å²) in [5.74, 6) is 0. The molecule has 0 spiro atoms. The molecule has 0 saturated carbocycles. The average molecular weight is 255 g/mol. The summed E-state index contributed by atoms with van der Waals surface area (Å²) in [7, 11) is 0. The monoisotopic (exact) mass is 254 g/mol. The zero-order valence-corrected chi connectivity index (χ0v) is 8.73. The van der Waals surface area contributed by atoms with Crippen LogP contribution in [0.3, 0.4) is 0 Å². The minimum absolute atomic E-state index is 0.209. The fraction of sp³-hybridized carbons (Fsp3) is 0.111. The molecular weight excluding hydrogens is 248 g/mol. The summed E-state index contributed by atoms with van der Waals surface area (Å²) in [6.45, 7) is -0.249. The average Bonchev–Trinajstić information content (AvgIpc) is 2.23. The van der Waals surface area contributed by atoms with Gasteiger partial charge in [0, 0.05) is 6.20 Å². The Morgan fingerprint density at radius 1 is 1.50 bits per heavy atom. The minimum atomic E-state index is -0.249. The fourth-order valence-electron chi connectivity index (χ4n) is 1.22. The molecule has 0 aliphatic rings. The van der Waals surface area contributed by atoms with Gasteiger partial charge in [0.15, 0.2) is 0 Å². The highest BCUT2D eigenvalue weighted by atomic mass is 79.9. The van der Waals surface area contributed by atoms with Gasteiger partial charge in [-0.15, -0.1) is 0 Å². The van der Waals surface area contributed by atoms with Crippen molar-refractivity contribution in [1.82, 2.24) is 9.38 Å². The first kappa shape index (κ1) is 9.36. The first-order valence-corrected chi connectivity index (χ1v) is 4.80. The van der Waals surface area contributed by atoms with Crippen molar-refractivity contribution in [1.29, 1.82) is 0 Å². The van der Waals surface area contributed by atoms with Gasteiger partial charge in [0.05, 0.1) is 12.3 Å². The summed E-state index contributed by atoms with van der Waals surface area (Å²) in [5.41, 5.74) is 0.686. The number of nitrogens with zero attached hydrogens (tertiary/aromatic N) is 2. The normalized spacial score (nSPS) is 10.7. The number of hydrogen-bond donors (Lipinski definition) is 1. The highest BCUT2D eigenvalue weighted by Crippen LogP contribution is 2.10. The van der Waals surface area contributed by atoms with Gasteiger partial charge in [-0.25, -0.2) is 4.98 Å². The molecule has 4 nitrogen and oxygen atoms in total. The smallest absolute Gasteiger partial charge is 0.272 e. The molecule has 0 atom stereocenters. The Kier molecular flexibility index (Phi) is 2.35. The molecule has 72 valence electrons. The Labute approximate surface area is 88.0 Å². The van der Waals surface area contributed by atoms with Crippen molar-refractivity contribution in [3.63, 3.8) is 0 Å². The number of aromatic nitrogens is 2. The van der Waals surface area contributed by atoms with Crippen LogP contribution in [0.2, 0.25) is 0 Å². The topological polar surface area (TPSA) is 54.6 Å². The Morgan fingerprint density at radius 2 is 2.29 bits per heavy atom. The molecule has 2 aromatic rings. The summed E-state index contributed by atoms with van der Waals surface area (Å²) in [5, 5.41) is 8.96. The third-order valence-electron chi connectivity index (χ3n) is 1.90. The van der Waals surface area contributed by atoms with Crippen molar-refractivity contribution in [2.75, 3.05) is 0 Å². The van der Waals surface area contributed by atoms with Gasteiger partial charge >= 0.3 is 0 Å². The van der Waals surface area contributed by atoms with E-state index in [9.17, 15) is 4.79 Å². The van der Waals surface area contributed by atoms with Crippen LogP contribution in [0.15, 0.2) is 33.7 Å². The van der Waals surface area contributed by atoms with Crippen molar-refractivity contribution in [2.45, 2.75) is 6.61 Å². The molecule has 2 aromatic heterocycles. The SMILES string of the molecule is O=c1c(Br)c(CO)nc2ccccn12. The van der Waals surface area contributed by atoms with Crippen molar-refractivity contribution in [3.8, 4) is 0 Å². The van der Waals surface area contributed by atoms with Gasteiger partial charge in [0.1, 0.15) is 10.1 Å². The Bertz CT molecular complexity index is 536. The lowest BCUT2D eigenvalue weighted by Gasteiger charge is -2.03. The van der Waals surface area contributed by atoms with E-state index < -0.39 is 0 Å². The standard InChI is InChI=1S/C9H7BrN2O2/c10-8-6(5-13)11-7-3-1-2-4-12(7)9(8)14/h1-4,13H,5H2. The van der Waals surface area contributed by atoms with Crippen LogP contribution in [-0.4, -0.2) is 14.5 Å². The third kappa shape index (κ3) is 1.34. The lowest BCUT2D eigenvalue weighted by Crippen LogP contribution is -2.17. The van der Waals surface area contributed by atoms with Crippen molar-refractivity contribution in [3.05, 3.63) is 44.9 Å². The van der Waals surface area contributed by atoms with Crippen LogP contribution in [0.5, 0.6) is 0 Å². The second kappa shape index (κ2) is 3.51. The van der Waals surface area contributed by atoms with Gasteiger partial charge in [0.25, 0.3) is 5.56 Å². The zero-order chi connectivity index (χ0) is 10.1. The summed E-state index contributed by atoms with van der Waals surface area (Å²) >= 11 is 3.11. The minimum Gasteiger partial charge on any atom is -0.390 e. The van der Waals surface area contributed by atoms with Crippen molar-refractivity contribution >= 4 is 21.6 Å². The lowest BCUT2D eigenvalue weighted by atomic mass is 10.4. The number of rotatable bonds is 1. The maximum Gasteiger partial charge on any atom is 0.272 e. The van der Waals surface area contributed by atoms with E-state index >= 15 is 0 Å².